The number of hydrogen-bond donors (Lipinski definition) is 3. The largest absolute Gasteiger partial charge is 0.472 e. The minimum atomic E-state index is -4.35. The fourth-order valence-corrected chi connectivity index (χ4v) is 6.23. The lowest BCUT2D eigenvalue weighted by Gasteiger charge is -2.25. The van der Waals surface area contributed by atoms with E-state index in [0.717, 1.165) is 70.6 Å². The Morgan fingerprint density at radius 2 is 1.11 bits per heavy atom. The third-order valence-electron chi connectivity index (χ3n) is 8.94. The molecule has 3 atom stereocenters. The molecule has 0 spiro atoms. The number of nitrogens with one attached hydrogen (secondary N) is 1. The average Bonchev–Trinajstić information content (AvgIpc) is 3.10. The Morgan fingerprint density at radius 3 is 1.68 bits per heavy atom. The molecule has 0 bridgehead atoms. The van der Waals surface area contributed by atoms with Crippen molar-refractivity contribution >= 4 is 13.7 Å². The van der Waals surface area contributed by atoms with Gasteiger partial charge in [-0.2, -0.15) is 0 Å². The molecule has 0 aliphatic carbocycles. The van der Waals surface area contributed by atoms with Gasteiger partial charge in [0.1, 0.15) is 13.2 Å². The number of carbonyl (C=O) groups excluding carboxylic acids is 1. The number of hydrogen-bond acceptors (Lipinski definition) is 5. The van der Waals surface area contributed by atoms with Gasteiger partial charge >= 0.3 is 7.82 Å². The van der Waals surface area contributed by atoms with E-state index in [9.17, 15) is 19.4 Å². The van der Waals surface area contributed by atoms with E-state index in [-0.39, 0.29) is 19.1 Å². The predicted molar refractivity (Wildman–Crippen MR) is 226 cm³/mol. The average molecular weight is 766 g/mol. The van der Waals surface area contributed by atoms with Crippen LogP contribution in [0.4, 0.5) is 0 Å². The van der Waals surface area contributed by atoms with Gasteiger partial charge in [-0.15, -0.1) is 0 Å². The van der Waals surface area contributed by atoms with Crippen LogP contribution in [0.25, 0.3) is 0 Å². The van der Waals surface area contributed by atoms with Crippen molar-refractivity contribution in [1.29, 1.82) is 0 Å². The Kier molecular flexibility index (Phi) is 34.7. The van der Waals surface area contributed by atoms with Crippen molar-refractivity contribution in [3.63, 3.8) is 0 Å². The van der Waals surface area contributed by atoms with E-state index in [1.807, 2.05) is 27.2 Å². The van der Waals surface area contributed by atoms with Gasteiger partial charge < -0.3 is 19.8 Å². The minimum absolute atomic E-state index is 0.0482. The molecule has 0 aliphatic heterocycles. The van der Waals surface area contributed by atoms with Gasteiger partial charge in [0, 0.05) is 6.42 Å². The number of nitrogens with zero attached hydrogens (tertiary/aromatic N) is 1. The molecule has 9 heteroatoms. The van der Waals surface area contributed by atoms with E-state index in [1.165, 1.54) is 70.6 Å². The maximum Gasteiger partial charge on any atom is 0.472 e. The standard InChI is InChI=1S/C44H81N2O6P/c1-6-8-10-12-14-16-18-20-22-23-24-25-27-29-31-33-35-37-43(47)42(41-52-53(49,50)51-40-39-46(3,4)5)45-44(48)38-36-34-32-30-28-26-21-19-17-15-13-11-9-7-2/h13,15,19,21-23,27,29,35,37,42-43,47H,6-12,14,16-18,20,24-26,28,30-34,36,38-41H2,1-5H3,(H-,45,48,49,50)/p+1/b15-13-,21-19-,23-22+,29-27+,37-35+. The molecule has 0 aromatic rings. The number of aliphatic hydroxyl groups is 1. The Hall–Kier alpha value is -1.80. The number of phosphoric ester groups is 1. The molecular weight excluding hydrogens is 683 g/mol. The van der Waals surface area contributed by atoms with Crippen molar-refractivity contribution in [2.75, 3.05) is 40.9 Å². The van der Waals surface area contributed by atoms with Crippen LogP contribution in [0.15, 0.2) is 60.8 Å². The lowest BCUT2D eigenvalue weighted by atomic mass is 10.1. The number of quaternary nitrogens is 1. The first-order valence-electron chi connectivity index (χ1n) is 21.2. The monoisotopic (exact) mass is 766 g/mol. The first kappa shape index (κ1) is 51.2. The Bertz CT molecular complexity index is 1050. The summed E-state index contributed by atoms with van der Waals surface area (Å²) in [4.78, 5) is 23.0. The van der Waals surface area contributed by atoms with Gasteiger partial charge in [-0.25, -0.2) is 4.57 Å². The van der Waals surface area contributed by atoms with Gasteiger partial charge in [0.05, 0.1) is 39.9 Å². The molecule has 0 aliphatic rings. The zero-order chi connectivity index (χ0) is 39.3. The first-order valence-corrected chi connectivity index (χ1v) is 22.7. The second-order valence-electron chi connectivity index (χ2n) is 15.3. The number of carbonyl (C=O) groups is 1. The highest BCUT2D eigenvalue weighted by Gasteiger charge is 2.27. The molecule has 0 fully saturated rings. The summed E-state index contributed by atoms with van der Waals surface area (Å²) in [7, 11) is 1.53. The van der Waals surface area contributed by atoms with Crippen molar-refractivity contribution < 1.29 is 32.9 Å². The molecule has 1 amide bonds. The highest BCUT2D eigenvalue weighted by molar-refractivity contribution is 7.47. The molecule has 8 nitrogen and oxygen atoms in total. The second-order valence-corrected chi connectivity index (χ2v) is 16.8. The summed E-state index contributed by atoms with van der Waals surface area (Å²) in [6.07, 6.45) is 45.7. The summed E-state index contributed by atoms with van der Waals surface area (Å²) in [6.45, 7) is 4.70. The quantitative estimate of drug-likeness (QED) is 0.0252. The van der Waals surface area contributed by atoms with Gasteiger partial charge in [0.25, 0.3) is 0 Å². The van der Waals surface area contributed by atoms with Crippen LogP contribution in [-0.4, -0.2) is 73.4 Å². The van der Waals surface area contributed by atoms with Crippen molar-refractivity contribution in [2.45, 2.75) is 174 Å². The van der Waals surface area contributed by atoms with E-state index in [1.54, 1.807) is 6.08 Å². The number of amides is 1. The molecule has 0 heterocycles. The van der Waals surface area contributed by atoms with Gasteiger partial charge in [-0.3, -0.25) is 13.8 Å². The molecule has 0 aromatic heterocycles. The molecule has 3 unspecified atom stereocenters. The van der Waals surface area contributed by atoms with E-state index >= 15 is 0 Å². The maximum absolute atomic E-state index is 12.8. The van der Waals surface area contributed by atoms with Crippen molar-refractivity contribution in [3.8, 4) is 0 Å². The van der Waals surface area contributed by atoms with E-state index in [2.05, 4.69) is 67.8 Å². The minimum Gasteiger partial charge on any atom is -0.387 e. The topological polar surface area (TPSA) is 105 Å². The number of rotatable bonds is 37. The smallest absolute Gasteiger partial charge is 0.387 e. The van der Waals surface area contributed by atoms with Crippen LogP contribution >= 0.6 is 7.82 Å². The number of aliphatic hydroxyl groups excluding tert-OH is 1. The number of unbranched alkanes of at least 4 members (excludes halogenated alkanes) is 16. The molecule has 3 N–H and O–H groups in total. The molecule has 308 valence electrons. The van der Waals surface area contributed by atoms with Crippen molar-refractivity contribution in [2.24, 2.45) is 0 Å². The fraction of sp³-hybridized carbons (Fsp3) is 0.750. The number of likely N-dealkylation sites (N-methyl/N-ethyl adjacent to an activating group) is 1. The molecule has 0 aromatic carbocycles. The van der Waals surface area contributed by atoms with Crippen LogP contribution in [0.5, 0.6) is 0 Å². The van der Waals surface area contributed by atoms with Gasteiger partial charge in [-0.05, 0) is 70.6 Å². The predicted octanol–water partition coefficient (Wildman–Crippen LogP) is 11.5. The third-order valence-corrected chi connectivity index (χ3v) is 9.92. The van der Waals surface area contributed by atoms with Gasteiger partial charge in [0.2, 0.25) is 5.91 Å². The third kappa shape index (κ3) is 38.3. The lowest BCUT2D eigenvalue weighted by Crippen LogP contribution is -2.45. The van der Waals surface area contributed by atoms with Crippen LogP contribution in [0.2, 0.25) is 0 Å². The molecule has 0 radical (unpaired) electrons. The summed E-state index contributed by atoms with van der Waals surface area (Å²) in [5.41, 5.74) is 0. The molecule has 0 rings (SSSR count). The van der Waals surface area contributed by atoms with Crippen LogP contribution in [-0.2, 0) is 18.4 Å². The van der Waals surface area contributed by atoms with Crippen molar-refractivity contribution in [1.82, 2.24) is 5.32 Å². The van der Waals surface area contributed by atoms with Crippen LogP contribution < -0.4 is 5.32 Å². The summed E-state index contributed by atoms with van der Waals surface area (Å²) in [5, 5.41) is 13.8. The normalized spacial score (nSPS) is 15.1. The highest BCUT2D eigenvalue weighted by Crippen LogP contribution is 2.43. The van der Waals surface area contributed by atoms with E-state index in [0.29, 0.717) is 17.4 Å². The molecule has 0 saturated carbocycles. The summed E-state index contributed by atoms with van der Waals surface area (Å²) in [6, 6.07) is -0.877. The van der Waals surface area contributed by atoms with Crippen molar-refractivity contribution in [3.05, 3.63) is 60.8 Å². The zero-order valence-electron chi connectivity index (χ0n) is 34.7. The number of allylic oxidation sites excluding steroid dienone is 9. The SMILES string of the molecule is CCCC/C=C\C/C=C\CCCCCCCC(=O)NC(COP(=O)(O)OCC[N+](C)(C)C)C(O)/C=C/CC/C=C/CC/C=C/CCCCCCCCC. The lowest BCUT2D eigenvalue weighted by molar-refractivity contribution is -0.870. The first-order chi connectivity index (χ1) is 25.5. The summed E-state index contributed by atoms with van der Waals surface area (Å²) in [5.74, 6) is -0.209. The van der Waals surface area contributed by atoms with Gasteiger partial charge in [-0.1, -0.05) is 145 Å². The fourth-order valence-electron chi connectivity index (χ4n) is 5.50. The molecular formula is C44H82N2O6P+. The second kappa shape index (κ2) is 35.9. The molecule has 53 heavy (non-hydrogen) atoms. The molecule has 0 saturated heterocycles. The zero-order valence-corrected chi connectivity index (χ0v) is 35.6. The van der Waals surface area contributed by atoms with E-state index < -0.39 is 20.0 Å². The van der Waals surface area contributed by atoms with Crippen LogP contribution in [0.3, 0.4) is 0 Å². The Labute approximate surface area is 326 Å². The maximum atomic E-state index is 12.8. The summed E-state index contributed by atoms with van der Waals surface area (Å²) >= 11 is 0. The summed E-state index contributed by atoms with van der Waals surface area (Å²) < 4.78 is 23.5. The highest BCUT2D eigenvalue weighted by atomic mass is 31.2. The van der Waals surface area contributed by atoms with Crippen LogP contribution in [0, 0.1) is 0 Å². The Balaban J connectivity index is 4.59. The Morgan fingerprint density at radius 1 is 0.642 bits per heavy atom. The van der Waals surface area contributed by atoms with Gasteiger partial charge in [0.15, 0.2) is 0 Å². The number of phosphoric acid groups is 1. The van der Waals surface area contributed by atoms with Crippen LogP contribution in [0.1, 0.15) is 162 Å². The van der Waals surface area contributed by atoms with E-state index in [4.69, 9.17) is 9.05 Å².